The summed E-state index contributed by atoms with van der Waals surface area (Å²) in [5, 5.41) is 15.3. The largest absolute Gasteiger partial charge is 0.508 e. The topological polar surface area (TPSA) is 99.1 Å². The van der Waals surface area contributed by atoms with Gasteiger partial charge in [0.25, 0.3) is 0 Å². The minimum Gasteiger partial charge on any atom is -0.508 e. The van der Waals surface area contributed by atoms with Crippen molar-refractivity contribution in [1.29, 1.82) is 0 Å². The Morgan fingerprint density at radius 2 is 1.85 bits per heavy atom. The van der Waals surface area contributed by atoms with Crippen LogP contribution in [0, 0.1) is 0 Å². The van der Waals surface area contributed by atoms with E-state index in [4.69, 9.17) is 0 Å². The SMILES string of the molecule is CC(=O)N1N=C(c2ccccc2NS(C)(=O)=O)C[C@H]1c1ccc(O)cc1. The summed E-state index contributed by atoms with van der Waals surface area (Å²) >= 11 is 0. The average Bonchev–Trinajstić information content (AvgIpc) is 3.00. The predicted molar refractivity (Wildman–Crippen MR) is 99.4 cm³/mol. The second kappa shape index (κ2) is 6.80. The molecule has 0 bridgehead atoms. The Balaban J connectivity index is 1.98. The average molecular weight is 373 g/mol. The molecule has 7 nitrogen and oxygen atoms in total. The summed E-state index contributed by atoms with van der Waals surface area (Å²) < 4.78 is 25.7. The minimum atomic E-state index is -3.44. The first-order chi connectivity index (χ1) is 12.2. The number of hydrogen-bond acceptors (Lipinski definition) is 5. The molecule has 0 saturated carbocycles. The van der Waals surface area contributed by atoms with Gasteiger partial charge in [0, 0.05) is 18.9 Å². The highest BCUT2D eigenvalue weighted by Gasteiger charge is 2.32. The van der Waals surface area contributed by atoms with Crippen LogP contribution in [0.3, 0.4) is 0 Å². The molecule has 1 aliphatic rings. The molecule has 2 N–H and O–H groups in total. The molecule has 2 aromatic carbocycles. The first kappa shape index (κ1) is 17.9. The van der Waals surface area contributed by atoms with Crippen LogP contribution in [0.2, 0.25) is 0 Å². The van der Waals surface area contributed by atoms with Crippen molar-refractivity contribution < 1.29 is 18.3 Å². The Labute approximate surface area is 152 Å². The molecule has 0 radical (unpaired) electrons. The van der Waals surface area contributed by atoms with Gasteiger partial charge in [0.2, 0.25) is 15.9 Å². The summed E-state index contributed by atoms with van der Waals surface area (Å²) in [6.07, 6.45) is 1.52. The summed E-state index contributed by atoms with van der Waals surface area (Å²) in [5.74, 6) is -0.0726. The molecule has 1 amide bonds. The van der Waals surface area contributed by atoms with Gasteiger partial charge in [0.15, 0.2) is 0 Å². The number of phenolic OH excluding ortho intramolecular Hbond substituents is 1. The predicted octanol–water partition coefficient (Wildman–Crippen LogP) is 2.46. The molecular weight excluding hydrogens is 354 g/mol. The maximum absolute atomic E-state index is 12.0. The zero-order valence-electron chi connectivity index (χ0n) is 14.4. The number of carbonyl (C=O) groups excluding carboxylic acids is 1. The Morgan fingerprint density at radius 1 is 1.19 bits per heavy atom. The van der Waals surface area contributed by atoms with Gasteiger partial charge in [0.1, 0.15) is 5.75 Å². The molecular formula is C18H19N3O4S. The van der Waals surface area contributed by atoms with Gasteiger partial charge in [0.05, 0.1) is 23.7 Å². The van der Waals surface area contributed by atoms with E-state index in [0.29, 0.717) is 23.4 Å². The van der Waals surface area contributed by atoms with Crippen molar-refractivity contribution >= 4 is 27.3 Å². The highest BCUT2D eigenvalue weighted by molar-refractivity contribution is 7.92. The van der Waals surface area contributed by atoms with Crippen molar-refractivity contribution in [3.8, 4) is 5.75 Å². The third-order valence-corrected chi connectivity index (χ3v) is 4.63. The summed E-state index contributed by atoms with van der Waals surface area (Å²) in [5.41, 5.74) is 2.50. The summed E-state index contributed by atoms with van der Waals surface area (Å²) in [6.45, 7) is 1.43. The van der Waals surface area contributed by atoms with Gasteiger partial charge in [-0.25, -0.2) is 13.4 Å². The van der Waals surface area contributed by atoms with Gasteiger partial charge < -0.3 is 5.11 Å². The zero-order valence-corrected chi connectivity index (χ0v) is 15.2. The first-order valence-corrected chi connectivity index (χ1v) is 9.87. The number of sulfonamides is 1. The molecule has 3 rings (SSSR count). The van der Waals surface area contributed by atoms with E-state index in [1.165, 1.54) is 11.9 Å². The molecule has 1 heterocycles. The van der Waals surface area contributed by atoms with E-state index in [1.807, 2.05) is 0 Å². The van der Waals surface area contributed by atoms with E-state index in [-0.39, 0.29) is 17.7 Å². The molecule has 2 aromatic rings. The van der Waals surface area contributed by atoms with E-state index >= 15 is 0 Å². The van der Waals surface area contributed by atoms with Crippen molar-refractivity contribution in [2.75, 3.05) is 11.0 Å². The number of anilines is 1. The van der Waals surface area contributed by atoms with E-state index in [9.17, 15) is 18.3 Å². The molecule has 136 valence electrons. The quantitative estimate of drug-likeness (QED) is 0.860. The highest BCUT2D eigenvalue weighted by Crippen LogP contribution is 2.35. The highest BCUT2D eigenvalue weighted by atomic mass is 32.2. The van der Waals surface area contributed by atoms with Crippen LogP contribution in [0.15, 0.2) is 53.6 Å². The Hall–Kier alpha value is -2.87. The van der Waals surface area contributed by atoms with Crippen LogP contribution in [0.25, 0.3) is 0 Å². The lowest BCUT2D eigenvalue weighted by atomic mass is 9.97. The van der Waals surface area contributed by atoms with Crippen LogP contribution in [0.1, 0.15) is 30.5 Å². The monoisotopic (exact) mass is 373 g/mol. The van der Waals surface area contributed by atoms with E-state index in [2.05, 4.69) is 9.82 Å². The third kappa shape index (κ3) is 3.85. The third-order valence-electron chi connectivity index (χ3n) is 4.04. The number of carbonyl (C=O) groups is 1. The maximum Gasteiger partial charge on any atom is 0.240 e. The Morgan fingerprint density at radius 3 is 2.46 bits per heavy atom. The second-order valence-corrected chi connectivity index (χ2v) is 7.89. The van der Waals surface area contributed by atoms with Crippen LogP contribution in [0.5, 0.6) is 5.75 Å². The van der Waals surface area contributed by atoms with E-state index in [0.717, 1.165) is 11.8 Å². The number of amides is 1. The van der Waals surface area contributed by atoms with Gasteiger partial charge in [-0.1, -0.05) is 30.3 Å². The van der Waals surface area contributed by atoms with Gasteiger partial charge in [-0.05, 0) is 23.8 Å². The van der Waals surface area contributed by atoms with Gasteiger partial charge in [-0.15, -0.1) is 0 Å². The number of aromatic hydroxyl groups is 1. The molecule has 0 aliphatic carbocycles. The lowest BCUT2D eigenvalue weighted by molar-refractivity contribution is -0.130. The zero-order chi connectivity index (χ0) is 18.9. The fourth-order valence-corrected chi connectivity index (χ4v) is 3.52. The molecule has 8 heteroatoms. The molecule has 26 heavy (non-hydrogen) atoms. The summed E-state index contributed by atoms with van der Waals surface area (Å²) in [4.78, 5) is 12.0. The minimum absolute atomic E-state index is 0.143. The van der Waals surface area contributed by atoms with Crippen LogP contribution < -0.4 is 4.72 Å². The Bertz CT molecular complexity index is 968. The lowest BCUT2D eigenvalue weighted by Gasteiger charge is -2.20. The van der Waals surface area contributed by atoms with Gasteiger partial charge >= 0.3 is 0 Å². The smallest absolute Gasteiger partial charge is 0.240 e. The molecule has 0 saturated heterocycles. The second-order valence-electron chi connectivity index (χ2n) is 6.14. The van der Waals surface area contributed by atoms with E-state index < -0.39 is 10.0 Å². The van der Waals surface area contributed by atoms with Crippen LogP contribution >= 0.6 is 0 Å². The first-order valence-electron chi connectivity index (χ1n) is 7.98. The number of benzene rings is 2. The van der Waals surface area contributed by atoms with Gasteiger partial charge in [-0.2, -0.15) is 5.10 Å². The molecule has 1 atom stereocenters. The maximum atomic E-state index is 12.0. The van der Waals surface area contributed by atoms with Crippen LogP contribution in [-0.4, -0.2) is 36.4 Å². The molecule has 0 spiro atoms. The fraction of sp³-hybridized carbons (Fsp3) is 0.222. The number of hydrazone groups is 1. The lowest BCUT2D eigenvalue weighted by Crippen LogP contribution is -2.24. The number of phenols is 1. The molecule has 0 aromatic heterocycles. The fourth-order valence-electron chi connectivity index (χ4n) is 2.94. The van der Waals surface area contributed by atoms with Crippen LogP contribution in [0.4, 0.5) is 5.69 Å². The van der Waals surface area contributed by atoms with Crippen molar-refractivity contribution in [3.05, 3.63) is 59.7 Å². The van der Waals surface area contributed by atoms with Crippen molar-refractivity contribution in [2.24, 2.45) is 5.10 Å². The molecule has 0 unspecified atom stereocenters. The van der Waals surface area contributed by atoms with Crippen molar-refractivity contribution in [2.45, 2.75) is 19.4 Å². The summed E-state index contributed by atoms with van der Waals surface area (Å²) in [7, 11) is -3.44. The summed E-state index contributed by atoms with van der Waals surface area (Å²) in [6, 6.07) is 13.2. The standard InChI is InChI=1S/C18H19N3O4S/c1-12(22)21-18(13-7-9-14(23)10-8-13)11-17(19-21)15-5-3-4-6-16(15)20-26(2,24)25/h3-10,18,20,23H,11H2,1-2H3/t18-/m0/s1. The molecule has 0 fully saturated rings. The number of para-hydroxylation sites is 1. The van der Waals surface area contributed by atoms with Gasteiger partial charge in [-0.3, -0.25) is 9.52 Å². The number of rotatable bonds is 4. The Kier molecular flexibility index (Phi) is 4.69. The van der Waals surface area contributed by atoms with Crippen molar-refractivity contribution in [1.82, 2.24) is 5.01 Å². The van der Waals surface area contributed by atoms with Crippen molar-refractivity contribution in [3.63, 3.8) is 0 Å². The normalized spacial score (nSPS) is 17.1. The number of nitrogens with zero attached hydrogens (tertiary/aromatic N) is 2. The number of hydrogen-bond donors (Lipinski definition) is 2. The van der Waals surface area contributed by atoms with E-state index in [1.54, 1.807) is 48.5 Å². The molecule has 1 aliphatic heterocycles. The number of nitrogens with one attached hydrogen (secondary N) is 1. The van der Waals surface area contributed by atoms with Crippen LogP contribution in [-0.2, 0) is 14.8 Å².